The van der Waals surface area contributed by atoms with Gasteiger partial charge in [-0.1, -0.05) is 71.7 Å². The molecule has 2 N–H and O–H groups in total. The largest absolute Gasteiger partial charge is 0.490 e. The molecule has 44 heavy (non-hydrogen) atoms. The van der Waals surface area contributed by atoms with Crippen molar-refractivity contribution in [3.8, 4) is 22.6 Å². The van der Waals surface area contributed by atoms with Gasteiger partial charge in [-0.2, -0.15) is 0 Å². The van der Waals surface area contributed by atoms with Crippen molar-refractivity contribution in [3.63, 3.8) is 0 Å². The van der Waals surface area contributed by atoms with Crippen molar-refractivity contribution in [1.29, 1.82) is 0 Å². The topological polar surface area (TPSA) is 80.0 Å². The van der Waals surface area contributed by atoms with Gasteiger partial charge >= 0.3 is 5.97 Å². The molecule has 0 amide bonds. The summed E-state index contributed by atoms with van der Waals surface area (Å²) in [6.45, 7) is 3.66. The van der Waals surface area contributed by atoms with Gasteiger partial charge in [-0.3, -0.25) is 0 Å². The van der Waals surface area contributed by atoms with Gasteiger partial charge in [-0.25, -0.2) is 4.79 Å². The third-order valence-electron chi connectivity index (χ3n) is 7.45. The number of rotatable bonds is 15. The molecular formula is C36H39Cl2NO5. The van der Waals surface area contributed by atoms with E-state index in [9.17, 15) is 4.79 Å². The molecule has 0 aromatic heterocycles. The Bertz CT molecular complexity index is 1520. The molecule has 1 atom stereocenters. The summed E-state index contributed by atoms with van der Waals surface area (Å²) in [5, 5.41) is 0.954. The first-order valence-corrected chi connectivity index (χ1v) is 15.4. The van der Waals surface area contributed by atoms with E-state index in [1.807, 2.05) is 73.7 Å². The zero-order valence-electron chi connectivity index (χ0n) is 25.4. The molecule has 4 rings (SSSR count). The Morgan fingerprint density at radius 3 is 2.23 bits per heavy atom. The van der Waals surface area contributed by atoms with Gasteiger partial charge < -0.3 is 24.7 Å². The predicted octanol–water partition coefficient (Wildman–Crippen LogP) is 8.08. The standard InChI is InChI=1S/C36H39Cl2NO5/c1-24-19-33(37)35(34(38)20-24)44-18-17-43-29-13-10-25(11-14-29)21-28(23-39)27-12-15-31(32(22-27)36(40)42-3)30-9-5-4-7-26(30)8-6-16-41-2/h4-5,7,9-15,19-20,22,28H,6,8,16-18,21,23,39H2,1-3H3. The average molecular weight is 637 g/mol. The monoisotopic (exact) mass is 635 g/mol. The number of halogens is 2. The maximum absolute atomic E-state index is 13.0. The van der Waals surface area contributed by atoms with E-state index in [1.54, 1.807) is 7.11 Å². The molecule has 4 aromatic rings. The summed E-state index contributed by atoms with van der Waals surface area (Å²) < 4.78 is 22.0. The molecule has 8 heteroatoms. The van der Waals surface area contributed by atoms with Crippen LogP contribution >= 0.6 is 23.2 Å². The summed E-state index contributed by atoms with van der Waals surface area (Å²) in [5.74, 6) is 0.819. The zero-order chi connectivity index (χ0) is 31.5. The Hall–Kier alpha value is -3.55. The minimum absolute atomic E-state index is 0.00794. The molecule has 0 aliphatic heterocycles. The molecule has 0 aliphatic rings. The second-order valence-corrected chi connectivity index (χ2v) is 11.4. The van der Waals surface area contributed by atoms with Crippen molar-refractivity contribution < 1.29 is 23.7 Å². The number of esters is 1. The molecular weight excluding hydrogens is 597 g/mol. The van der Waals surface area contributed by atoms with Crippen LogP contribution < -0.4 is 15.2 Å². The molecule has 232 valence electrons. The maximum atomic E-state index is 13.0. The molecule has 0 saturated heterocycles. The third kappa shape index (κ3) is 8.76. The van der Waals surface area contributed by atoms with Gasteiger partial charge in [0.25, 0.3) is 0 Å². The molecule has 0 saturated carbocycles. The zero-order valence-corrected chi connectivity index (χ0v) is 26.9. The fourth-order valence-corrected chi connectivity index (χ4v) is 5.91. The Morgan fingerprint density at radius 2 is 1.55 bits per heavy atom. The summed E-state index contributed by atoms with van der Waals surface area (Å²) >= 11 is 12.5. The molecule has 0 aliphatic carbocycles. The lowest BCUT2D eigenvalue weighted by atomic mass is 9.87. The summed E-state index contributed by atoms with van der Waals surface area (Å²) in [4.78, 5) is 13.0. The smallest absolute Gasteiger partial charge is 0.338 e. The lowest BCUT2D eigenvalue weighted by Gasteiger charge is -2.19. The number of hydrogen-bond acceptors (Lipinski definition) is 6. The van der Waals surface area contributed by atoms with Gasteiger partial charge in [0.2, 0.25) is 0 Å². The van der Waals surface area contributed by atoms with Crippen LogP contribution in [0.2, 0.25) is 10.0 Å². The Balaban J connectivity index is 1.43. The van der Waals surface area contributed by atoms with Crippen LogP contribution in [0, 0.1) is 6.92 Å². The van der Waals surface area contributed by atoms with Crippen LogP contribution in [0.1, 0.15) is 45.0 Å². The fraction of sp³-hybridized carbons (Fsp3) is 0.306. The Labute approximate surface area is 270 Å². The number of carbonyl (C=O) groups excluding carboxylic acids is 1. The SMILES string of the molecule is COCCCc1ccccc1-c1ccc(C(CN)Cc2ccc(OCCOc3c(Cl)cc(C)cc3Cl)cc2)cc1C(=O)OC. The Morgan fingerprint density at radius 1 is 0.841 bits per heavy atom. The summed E-state index contributed by atoms with van der Waals surface area (Å²) in [7, 11) is 3.11. The summed E-state index contributed by atoms with van der Waals surface area (Å²) in [6.07, 6.45) is 2.45. The quantitative estimate of drug-likeness (QED) is 0.105. The summed E-state index contributed by atoms with van der Waals surface area (Å²) in [5.41, 5.74) is 12.9. The number of aryl methyl sites for hydroxylation is 2. The number of carbonyl (C=O) groups is 1. The van der Waals surface area contributed by atoms with E-state index < -0.39 is 0 Å². The molecule has 4 aromatic carbocycles. The minimum Gasteiger partial charge on any atom is -0.490 e. The van der Waals surface area contributed by atoms with Crippen LogP contribution in [0.15, 0.2) is 78.9 Å². The third-order valence-corrected chi connectivity index (χ3v) is 8.02. The summed E-state index contributed by atoms with van der Waals surface area (Å²) in [6, 6.07) is 25.7. The van der Waals surface area contributed by atoms with Gasteiger partial charge in [-0.15, -0.1) is 0 Å². The maximum Gasteiger partial charge on any atom is 0.338 e. The fourth-order valence-electron chi connectivity index (χ4n) is 5.21. The van der Waals surface area contributed by atoms with Crippen LogP contribution in [0.25, 0.3) is 11.1 Å². The van der Waals surface area contributed by atoms with Crippen LogP contribution in [-0.4, -0.2) is 46.6 Å². The number of nitrogens with two attached hydrogens (primary N) is 1. The first-order valence-electron chi connectivity index (χ1n) is 14.6. The lowest BCUT2D eigenvalue weighted by Crippen LogP contribution is -2.16. The van der Waals surface area contributed by atoms with Gasteiger partial charge in [0.1, 0.15) is 19.0 Å². The van der Waals surface area contributed by atoms with Crippen molar-refractivity contribution in [1.82, 2.24) is 0 Å². The molecule has 0 spiro atoms. The van der Waals surface area contributed by atoms with Crippen LogP contribution in [-0.2, 0) is 22.3 Å². The predicted molar refractivity (Wildman–Crippen MR) is 178 cm³/mol. The highest BCUT2D eigenvalue weighted by molar-refractivity contribution is 6.37. The highest BCUT2D eigenvalue weighted by Crippen LogP contribution is 2.34. The minimum atomic E-state index is -0.373. The number of benzene rings is 4. The number of ether oxygens (including phenoxy) is 4. The second-order valence-electron chi connectivity index (χ2n) is 10.6. The molecule has 6 nitrogen and oxygen atoms in total. The van der Waals surface area contributed by atoms with E-state index in [-0.39, 0.29) is 11.9 Å². The van der Waals surface area contributed by atoms with Crippen molar-refractivity contribution in [2.24, 2.45) is 5.73 Å². The molecule has 1 unspecified atom stereocenters. The number of methoxy groups -OCH3 is 2. The van der Waals surface area contributed by atoms with E-state index >= 15 is 0 Å². The van der Waals surface area contributed by atoms with Crippen molar-refractivity contribution in [2.75, 3.05) is 40.6 Å². The molecule has 0 fully saturated rings. The molecule has 0 heterocycles. The van der Waals surface area contributed by atoms with Crippen LogP contribution in [0.5, 0.6) is 11.5 Å². The normalized spacial score (nSPS) is 11.7. The van der Waals surface area contributed by atoms with E-state index in [2.05, 4.69) is 12.1 Å². The van der Waals surface area contributed by atoms with Gasteiger partial charge in [0, 0.05) is 19.6 Å². The first-order chi connectivity index (χ1) is 21.3. The van der Waals surface area contributed by atoms with E-state index in [0.717, 1.165) is 52.0 Å². The number of hydrogen-bond donors (Lipinski definition) is 1. The van der Waals surface area contributed by atoms with E-state index in [0.29, 0.717) is 54.1 Å². The van der Waals surface area contributed by atoms with Gasteiger partial charge in [-0.05, 0) is 96.4 Å². The highest BCUT2D eigenvalue weighted by atomic mass is 35.5. The van der Waals surface area contributed by atoms with E-state index in [1.165, 1.54) is 7.11 Å². The highest BCUT2D eigenvalue weighted by Gasteiger charge is 2.20. The lowest BCUT2D eigenvalue weighted by molar-refractivity contribution is 0.0601. The van der Waals surface area contributed by atoms with Gasteiger partial charge in [0.15, 0.2) is 5.75 Å². The van der Waals surface area contributed by atoms with Gasteiger partial charge in [0.05, 0.1) is 22.7 Å². The molecule has 0 bridgehead atoms. The first kappa shape index (κ1) is 33.3. The van der Waals surface area contributed by atoms with Crippen molar-refractivity contribution in [2.45, 2.75) is 32.1 Å². The van der Waals surface area contributed by atoms with Crippen molar-refractivity contribution >= 4 is 29.2 Å². The molecule has 0 radical (unpaired) electrons. The average Bonchev–Trinajstić information content (AvgIpc) is 3.03. The second kappa shape index (κ2) is 16.5. The van der Waals surface area contributed by atoms with Crippen molar-refractivity contribution in [3.05, 3.63) is 117 Å². The van der Waals surface area contributed by atoms with Crippen LogP contribution in [0.3, 0.4) is 0 Å². The Kier molecular flexibility index (Phi) is 12.5. The van der Waals surface area contributed by atoms with Crippen LogP contribution in [0.4, 0.5) is 0 Å². The van der Waals surface area contributed by atoms with E-state index in [4.69, 9.17) is 47.9 Å².